The average Bonchev–Trinajstić information content (AvgIpc) is 2.60. The SMILES string of the molecule is COC(=O)c1cc(S(=O)(=O)Nc2ccccc2[C@@H](O)C(F)(F)F)ccc1O. The first-order chi connectivity index (χ1) is 12.5. The Morgan fingerprint density at radius 2 is 1.81 bits per heavy atom. The molecule has 0 spiro atoms. The number of aliphatic hydroxyl groups excluding tert-OH is 1. The van der Waals surface area contributed by atoms with E-state index in [-0.39, 0.29) is 0 Å². The monoisotopic (exact) mass is 405 g/mol. The summed E-state index contributed by atoms with van der Waals surface area (Å²) in [4.78, 5) is 11.1. The van der Waals surface area contributed by atoms with E-state index in [1.807, 2.05) is 4.72 Å². The number of benzene rings is 2. The minimum absolute atomic E-state index is 0.441. The minimum atomic E-state index is -5.00. The number of methoxy groups -OCH3 is 1. The van der Waals surface area contributed by atoms with Crippen LogP contribution in [-0.4, -0.2) is 37.9 Å². The molecule has 0 bridgehead atoms. The number of alkyl halides is 3. The van der Waals surface area contributed by atoms with Crippen LogP contribution in [0.2, 0.25) is 0 Å². The molecule has 0 radical (unpaired) electrons. The highest BCUT2D eigenvalue weighted by Gasteiger charge is 2.40. The number of para-hydroxylation sites is 1. The second kappa shape index (κ2) is 7.45. The van der Waals surface area contributed by atoms with Gasteiger partial charge in [-0.05, 0) is 24.3 Å². The number of aliphatic hydroxyl groups is 1. The fourth-order valence-electron chi connectivity index (χ4n) is 2.16. The topological polar surface area (TPSA) is 113 Å². The number of hydrogen-bond acceptors (Lipinski definition) is 6. The molecule has 146 valence electrons. The first-order valence-corrected chi connectivity index (χ1v) is 8.73. The van der Waals surface area contributed by atoms with Crippen molar-refractivity contribution in [3.63, 3.8) is 0 Å². The molecule has 0 heterocycles. The number of anilines is 1. The van der Waals surface area contributed by atoms with Crippen molar-refractivity contribution in [2.75, 3.05) is 11.8 Å². The molecule has 2 aromatic rings. The van der Waals surface area contributed by atoms with Crippen LogP contribution in [0.5, 0.6) is 5.75 Å². The van der Waals surface area contributed by atoms with Crippen LogP contribution >= 0.6 is 0 Å². The van der Waals surface area contributed by atoms with Crippen molar-refractivity contribution < 1.29 is 41.3 Å². The van der Waals surface area contributed by atoms with E-state index in [0.717, 1.165) is 37.4 Å². The van der Waals surface area contributed by atoms with Gasteiger partial charge in [-0.2, -0.15) is 13.2 Å². The number of nitrogens with one attached hydrogen (secondary N) is 1. The van der Waals surface area contributed by atoms with Gasteiger partial charge in [-0.1, -0.05) is 18.2 Å². The molecule has 27 heavy (non-hydrogen) atoms. The van der Waals surface area contributed by atoms with E-state index in [0.29, 0.717) is 0 Å². The van der Waals surface area contributed by atoms with Crippen LogP contribution in [0.1, 0.15) is 22.0 Å². The molecule has 0 aliphatic carbocycles. The van der Waals surface area contributed by atoms with Crippen LogP contribution in [0.3, 0.4) is 0 Å². The van der Waals surface area contributed by atoms with E-state index in [1.54, 1.807) is 0 Å². The Labute approximate surface area is 152 Å². The van der Waals surface area contributed by atoms with Gasteiger partial charge in [0.2, 0.25) is 0 Å². The third kappa shape index (κ3) is 4.49. The van der Waals surface area contributed by atoms with Gasteiger partial charge in [0.15, 0.2) is 6.10 Å². The molecular weight excluding hydrogens is 391 g/mol. The van der Waals surface area contributed by atoms with Gasteiger partial charge in [-0.15, -0.1) is 0 Å². The molecule has 2 rings (SSSR count). The first kappa shape index (κ1) is 20.5. The van der Waals surface area contributed by atoms with Crippen molar-refractivity contribution in [2.45, 2.75) is 17.2 Å². The average molecular weight is 405 g/mol. The van der Waals surface area contributed by atoms with Gasteiger partial charge in [-0.3, -0.25) is 4.72 Å². The fraction of sp³-hybridized carbons (Fsp3) is 0.188. The molecule has 0 amide bonds. The lowest BCUT2D eigenvalue weighted by molar-refractivity contribution is -0.206. The molecule has 1 atom stereocenters. The van der Waals surface area contributed by atoms with E-state index in [9.17, 15) is 36.6 Å². The number of hydrogen-bond donors (Lipinski definition) is 3. The maximum Gasteiger partial charge on any atom is 0.418 e. The molecule has 0 unspecified atom stereocenters. The molecule has 0 saturated heterocycles. The summed E-state index contributed by atoms with van der Waals surface area (Å²) >= 11 is 0. The predicted molar refractivity (Wildman–Crippen MR) is 87.7 cm³/mol. The highest BCUT2D eigenvalue weighted by molar-refractivity contribution is 7.92. The first-order valence-electron chi connectivity index (χ1n) is 7.25. The van der Waals surface area contributed by atoms with E-state index < -0.39 is 55.7 Å². The largest absolute Gasteiger partial charge is 0.507 e. The summed E-state index contributed by atoms with van der Waals surface area (Å²) in [5, 5.41) is 19.1. The molecular formula is C16H14F3NO6S. The Morgan fingerprint density at radius 3 is 2.41 bits per heavy atom. The summed E-state index contributed by atoms with van der Waals surface area (Å²) in [6.07, 6.45) is -7.90. The minimum Gasteiger partial charge on any atom is -0.507 e. The molecule has 11 heteroatoms. The third-order valence-electron chi connectivity index (χ3n) is 3.49. The van der Waals surface area contributed by atoms with Crippen LogP contribution in [0, 0.1) is 0 Å². The Morgan fingerprint density at radius 1 is 1.19 bits per heavy atom. The summed E-state index contributed by atoms with van der Waals surface area (Å²) in [6.45, 7) is 0. The second-order valence-electron chi connectivity index (χ2n) is 5.31. The zero-order chi connectivity index (χ0) is 20.4. The summed E-state index contributed by atoms with van der Waals surface area (Å²) in [6, 6.07) is 7.14. The molecule has 3 N–H and O–H groups in total. The number of sulfonamides is 1. The van der Waals surface area contributed by atoms with Crippen LogP contribution in [0.4, 0.5) is 18.9 Å². The molecule has 7 nitrogen and oxygen atoms in total. The number of phenols is 1. The number of rotatable bonds is 5. The van der Waals surface area contributed by atoms with E-state index in [2.05, 4.69) is 4.74 Å². The summed E-state index contributed by atoms with van der Waals surface area (Å²) in [5.41, 5.74) is -1.63. The van der Waals surface area contributed by atoms with Crippen LogP contribution in [0.25, 0.3) is 0 Å². The van der Waals surface area contributed by atoms with Crippen LogP contribution in [-0.2, 0) is 14.8 Å². The van der Waals surface area contributed by atoms with Crippen LogP contribution in [0.15, 0.2) is 47.4 Å². The molecule has 0 saturated carbocycles. The maximum atomic E-state index is 12.8. The third-order valence-corrected chi connectivity index (χ3v) is 4.86. The lowest BCUT2D eigenvalue weighted by atomic mass is 10.1. The van der Waals surface area contributed by atoms with Gasteiger partial charge in [0, 0.05) is 5.56 Å². The molecule has 2 aromatic carbocycles. The standard InChI is InChI=1S/C16H14F3NO6S/c1-26-15(23)11-8-9(6-7-13(11)21)27(24,25)20-12-5-3-2-4-10(12)14(22)16(17,18)19/h2-8,14,20-22H,1H3/t14-/m1/s1. The maximum absolute atomic E-state index is 12.8. The number of aromatic hydroxyl groups is 1. The summed E-state index contributed by atoms with van der Waals surface area (Å²) in [7, 11) is -3.42. The molecule has 0 aliphatic rings. The van der Waals surface area contributed by atoms with Crippen molar-refractivity contribution in [2.24, 2.45) is 0 Å². The molecule has 0 fully saturated rings. The number of phenolic OH excluding ortho intramolecular Hbond substituents is 1. The zero-order valence-corrected chi connectivity index (χ0v) is 14.5. The van der Waals surface area contributed by atoms with Crippen LogP contribution < -0.4 is 4.72 Å². The van der Waals surface area contributed by atoms with E-state index >= 15 is 0 Å². The van der Waals surface area contributed by atoms with Gasteiger partial charge in [-0.25, -0.2) is 13.2 Å². The van der Waals surface area contributed by atoms with Crippen molar-refractivity contribution in [1.82, 2.24) is 0 Å². The van der Waals surface area contributed by atoms with Gasteiger partial charge in [0.25, 0.3) is 10.0 Å². The summed E-state index contributed by atoms with van der Waals surface area (Å²) in [5.74, 6) is -1.54. The number of carbonyl (C=O) groups is 1. The number of carbonyl (C=O) groups excluding carboxylic acids is 1. The zero-order valence-electron chi connectivity index (χ0n) is 13.7. The second-order valence-corrected chi connectivity index (χ2v) is 6.99. The lowest BCUT2D eigenvalue weighted by Crippen LogP contribution is -2.23. The van der Waals surface area contributed by atoms with E-state index in [1.165, 1.54) is 12.1 Å². The smallest absolute Gasteiger partial charge is 0.418 e. The Bertz CT molecular complexity index is 959. The van der Waals surface area contributed by atoms with Gasteiger partial charge in [0.05, 0.1) is 17.7 Å². The Kier molecular flexibility index (Phi) is 5.66. The highest BCUT2D eigenvalue weighted by Crippen LogP contribution is 2.36. The van der Waals surface area contributed by atoms with Crippen molar-refractivity contribution in [3.05, 3.63) is 53.6 Å². The van der Waals surface area contributed by atoms with Crippen molar-refractivity contribution >= 4 is 21.7 Å². The Balaban J connectivity index is 2.45. The van der Waals surface area contributed by atoms with Gasteiger partial charge in [0.1, 0.15) is 11.3 Å². The Hall–Kier alpha value is -2.79. The number of ether oxygens (including phenoxy) is 1. The van der Waals surface area contributed by atoms with Gasteiger partial charge < -0.3 is 14.9 Å². The van der Waals surface area contributed by atoms with Crippen molar-refractivity contribution in [3.8, 4) is 5.75 Å². The normalized spacial score (nSPS) is 13.1. The van der Waals surface area contributed by atoms with E-state index in [4.69, 9.17) is 0 Å². The molecule has 0 aliphatic heterocycles. The lowest BCUT2D eigenvalue weighted by Gasteiger charge is -2.19. The summed E-state index contributed by atoms with van der Waals surface area (Å²) < 4.78 is 69.7. The molecule has 0 aromatic heterocycles. The highest BCUT2D eigenvalue weighted by atomic mass is 32.2. The van der Waals surface area contributed by atoms with Crippen molar-refractivity contribution in [1.29, 1.82) is 0 Å². The number of esters is 1. The predicted octanol–water partition coefficient (Wildman–Crippen LogP) is 2.58. The van der Waals surface area contributed by atoms with Gasteiger partial charge >= 0.3 is 12.1 Å². The quantitative estimate of drug-likeness (QED) is 0.659. The number of halogens is 3. The fourth-order valence-corrected chi connectivity index (χ4v) is 3.28.